The molecule has 0 saturated heterocycles. The average Bonchev–Trinajstić information content (AvgIpc) is 3.15. The molecular weight excluding hydrogens is 368 g/mol. The van der Waals surface area contributed by atoms with Crippen molar-refractivity contribution in [3.63, 3.8) is 0 Å². The van der Waals surface area contributed by atoms with Crippen LogP contribution in [0.25, 0.3) is 0 Å². The molecule has 1 aromatic carbocycles. The first-order valence-electron chi connectivity index (χ1n) is 8.48. The summed E-state index contributed by atoms with van der Waals surface area (Å²) in [4.78, 5) is 12.1. The van der Waals surface area contributed by atoms with E-state index in [0.29, 0.717) is 11.5 Å². The van der Waals surface area contributed by atoms with E-state index in [4.69, 9.17) is 13.9 Å². The lowest BCUT2D eigenvalue weighted by atomic mass is 9.90. The van der Waals surface area contributed by atoms with Crippen molar-refractivity contribution in [2.24, 2.45) is 5.92 Å². The van der Waals surface area contributed by atoms with Gasteiger partial charge in [-0.25, -0.2) is 0 Å². The number of thioether (sulfide) groups is 1. The number of aromatic nitrogens is 2. The molecule has 1 aromatic heterocycles. The number of para-hydroxylation sites is 2. The molecule has 0 unspecified atom stereocenters. The van der Waals surface area contributed by atoms with Crippen LogP contribution in [-0.4, -0.2) is 34.0 Å². The molecule has 1 amide bonds. The van der Waals surface area contributed by atoms with Crippen LogP contribution in [0.3, 0.4) is 0 Å². The number of nitriles is 1. The SMILES string of the molecule is CC(C)[C@@](C)(C#N)NC(=O)CSc1nnc([C@@H]2COc3ccccc3O2)o1. The second-order valence-corrected chi connectivity index (χ2v) is 7.50. The van der Waals surface area contributed by atoms with Crippen LogP contribution in [0.5, 0.6) is 11.5 Å². The molecule has 2 aromatic rings. The second kappa shape index (κ2) is 7.88. The zero-order chi connectivity index (χ0) is 19.4. The van der Waals surface area contributed by atoms with Crippen molar-refractivity contribution in [3.05, 3.63) is 30.2 Å². The van der Waals surface area contributed by atoms with Gasteiger partial charge in [0, 0.05) is 0 Å². The quantitative estimate of drug-likeness (QED) is 0.752. The van der Waals surface area contributed by atoms with Crippen LogP contribution < -0.4 is 14.8 Å². The van der Waals surface area contributed by atoms with Crippen LogP contribution in [0.1, 0.15) is 32.8 Å². The number of amides is 1. The first kappa shape index (κ1) is 19.0. The minimum atomic E-state index is -0.918. The van der Waals surface area contributed by atoms with Crippen LogP contribution in [0, 0.1) is 17.2 Å². The predicted octanol–water partition coefficient (Wildman–Crippen LogP) is 2.73. The molecule has 142 valence electrons. The van der Waals surface area contributed by atoms with Crippen LogP contribution in [0.2, 0.25) is 0 Å². The summed E-state index contributed by atoms with van der Waals surface area (Å²) in [6.45, 7) is 5.72. The lowest BCUT2D eigenvalue weighted by Gasteiger charge is -2.27. The highest BCUT2D eigenvalue weighted by Crippen LogP contribution is 2.35. The molecule has 2 heterocycles. The van der Waals surface area contributed by atoms with E-state index in [2.05, 4.69) is 21.6 Å². The van der Waals surface area contributed by atoms with Crippen LogP contribution in [0.15, 0.2) is 33.9 Å². The van der Waals surface area contributed by atoms with E-state index in [1.54, 1.807) is 13.0 Å². The molecule has 0 saturated carbocycles. The fraction of sp³-hybridized carbons (Fsp3) is 0.444. The molecule has 3 rings (SSSR count). The number of ether oxygens (including phenoxy) is 2. The summed E-state index contributed by atoms with van der Waals surface area (Å²) in [5.41, 5.74) is -0.918. The summed E-state index contributed by atoms with van der Waals surface area (Å²) in [7, 11) is 0. The summed E-state index contributed by atoms with van der Waals surface area (Å²) >= 11 is 1.10. The Bertz CT molecular complexity index is 863. The number of hydrogen-bond donors (Lipinski definition) is 1. The van der Waals surface area contributed by atoms with E-state index in [0.717, 1.165) is 11.8 Å². The maximum atomic E-state index is 12.1. The molecular formula is C18H20N4O4S. The molecule has 9 heteroatoms. The highest BCUT2D eigenvalue weighted by atomic mass is 32.2. The summed E-state index contributed by atoms with van der Waals surface area (Å²) in [6, 6.07) is 9.49. The van der Waals surface area contributed by atoms with E-state index in [-0.39, 0.29) is 35.3 Å². The van der Waals surface area contributed by atoms with E-state index < -0.39 is 11.6 Å². The van der Waals surface area contributed by atoms with Crippen molar-refractivity contribution in [2.45, 2.75) is 37.6 Å². The van der Waals surface area contributed by atoms with Gasteiger partial charge in [-0.2, -0.15) is 5.26 Å². The van der Waals surface area contributed by atoms with Crippen LogP contribution in [-0.2, 0) is 4.79 Å². The average molecular weight is 388 g/mol. The molecule has 0 bridgehead atoms. The molecule has 0 fully saturated rings. The van der Waals surface area contributed by atoms with Crippen LogP contribution >= 0.6 is 11.8 Å². The number of benzene rings is 1. The van der Waals surface area contributed by atoms with Gasteiger partial charge in [-0.3, -0.25) is 4.79 Å². The topological polar surface area (TPSA) is 110 Å². The maximum Gasteiger partial charge on any atom is 0.277 e. The fourth-order valence-electron chi connectivity index (χ4n) is 2.30. The number of hydrogen-bond acceptors (Lipinski definition) is 8. The molecule has 8 nitrogen and oxygen atoms in total. The van der Waals surface area contributed by atoms with Gasteiger partial charge in [0.1, 0.15) is 12.1 Å². The Morgan fingerprint density at radius 1 is 1.41 bits per heavy atom. The maximum absolute atomic E-state index is 12.1. The summed E-state index contributed by atoms with van der Waals surface area (Å²) in [6.07, 6.45) is -0.501. The first-order valence-corrected chi connectivity index (χ1v) is 9.47. The first-order chi connectivity index (χ1) is 12.9. The normalized spacial score (nSPS) is 17.8. The molecule has 0 aliphatic carbocycles. The van der Waals surface area contributed by atoms with Gasteiger partial charge in [0.05, 0.1) is 11.8 Å². The Morgan fingerprint density at radius 2 is 2.15 bits per heavy atom. The summed E-state index contributed by atoms with van der Waals surface area (Å²) < 4.78 is 17.0. The van der Waals surface area contributed by atoms with E-state index in [9.17, 15) is 10.1 Å². The van der Waals surface area contributed by atoms with Gasteiger partial charge in [0.15, 0.2) is 11.5 Å². The predicted molar refractivity (Wildman–Crippen MR) is 97.3 cm³/mol. The minimum Gasteiger partial charge on any atom is -0.485 e. The lowest BCUT2D eigenvalue weighted by Crippen LogP contribution is -2.49. The van der Waals surface area contributed by atoms with E-state index in [1.807, 2.05) is 32.0 Å². The zero-order valence-electron chi connectivity index (χ0n) is 15.3. The third-order valence-corrected chi connectivity index (χ3v) is 5.14. The molecule has 1 N–H and O–H groups in total. The number of rotatable bonds is 6. The van der Waals surface area contributed by atoms with Gasteiger partial charge >= 0.3 is 0 Å². The van der Waals surface area contributed by atoms with Gasteiger partial charge in [-0.05, 0) is 25.0 Å². The number of nitrogens with zero attached hydrogens (tertiary/aromatic N) is 3. The molecule has 0 radical (unpaired) electrons. The Hall–Kier alpha value is -2.73. The fourth-order valence-corrected chi connectivity index (χ4v) is 2.87. The minimum absolute atomic E-state index is 0.0159. The van der Waals surface area contributed by atoms with Gasteiger partial charge in [-0.15, -0.1) is 10.2 Å². The van der Waals surface area contributed by atoms with Gasteiger partial charge in [0.2, 0.25) is 12.0 Å². The van der Waals surface area contributed by atoms with Crippen molar-refractivity contribution in [3.8, 4) is 17.6 Å². The van der Waals surface area contributed by atoms with Crippen molar-refractivity contribution in [2.75, 3.05) is 12.4 Å². The standard InChI is InChI=1S/C18H20N4O4S/c1-11(2)18(3,10-19)20-15(23)9-27-17-22-21-16(26-17)14-8-24-12-6-4-5-7-13(12)25-14/h4-7,11,14H,8-9H2,1-3H3,(H,20,23)/t14-,18+/m0/s1. The summed E-state index contributed by atoms with van der Waals surface area (Å²) in [5, 5.41) is 20.2. The summed E-state index contributed by atoms with van der Waals surface area (Å²) in [5.74, 6) is 1.35. The Balaban J connectivity index is 1.56. The third-order valence-electron chi connectivity index (χ3n) is 4.32. The Labute approximate surface area is 161 Å². The smallest absolute Gasteiger partial charge is 0.277 e. The zero-order valence-corrected chi connectivity index (χ0v) is 16.1. The van der Waals surface area contributed by atoms with Crippen molar-refractivity contribution in [1.82, 2.24) is 15.5 Å². The van der Waals surface area contributed by atoms with Gasteiger partial charge in [-0.1, -0.05) is 37.7 Å². The second-order valence-electron chi connectivity index (χ2n) is 6.58. The van der Waals surface area contributed by atoms with Crippen molar-refractivity contribution >= 4 is 17.7 Å². The highest BCUT2D eigenvalue weighted by molar-refractivity contribution is 7.99. The molecule has 1 aliphatic heterocycles. The highest BCUT2D eigenvalue weighted by Gasteiger charge is 2.30. The number of nitrogens with one attached hydrogen (secondary N) is 1. The van der Waals surface area contributed by atoms with Gasteiger partial charge < -0.3 is 19.2 Å². The monoisotopic (exact) mass is 388 g/mol. The lowest BCUT2D eigenvalue weighted by molar-refractivity contribution is -0.120. The molecule has 1 aliphatic rings. The van der Waals surface area contributed by atoms with Gasteiger partial charge in [0.25, 0.3) is 11.1 Å². The third kappa shape index (κ3) is 4.34. The Morgan fingerprint density at radius 3 is 2.85 bits per heavy atom. The number of fused-ring (bicyclic) bond motifs is 1. The van der Waals surface area contributed by atoms with E-state index >= 15 is 0 Å². The molecule has 2 atom stereocenters. The van der Waals surface area contributed by atoms with Crippen LogP contribution in [0.4, 0.5) is 0 Å². The number of carbonyl (C=O) groups excluding carboxylic acids is 1. The molecule has 27 heavy (non-hydrogen) atoms. The van der Waals surface area contributed by atoms with E-state index in [1.165, 1.54) is 0 Å². The largest absolute Gasteiger partial charge is 0.485 e. The molecule has 0 spiro atoms. The Kier molecular flexibility index (Phi) is 5.56. The van der Waals surface area contributed by atoms with Crippen molar-refractivity contribution < 1.29 is 18.7 Å². The number of carbonyl (C=O) groups is 1. The van der Waals surface area contributed by atoms with Crippen molar-refractivity contribution in [1.29, 1.82) is 5.26 Å².